The maximum atomic E-state index is 10.3. The van der Waals surface area contributed by atoms with Crippen molar-refractivity contribution in [3.63, 3.8) is 0 Å². The maximum absolute atomic E-state index is 10.3. The van der Waals surface area contributed by atoms with Gasteiger partial charge < -0.3 is 30.6 Å². The highest BCUT2D eigenvalue weighted by molar-refractivity contribution is 5.51. The topological polar surface area (TPSA) is 121 Å². The summed E-state index contributed by atoms with van der Waals surface area (Å²) in [5, 5.41) is 59.0. The van der Waals surface area contributed by atoms with Crippen LogP contribution in [0.3, 0.4) is 0 Å². The first kappa shape index (κ1) is 26.2. The first-order valence-corrected chi connectivity index (χ1v) is 12.4. The van der Waals surface area contributed by atoms with Gasteiger partial charge in [-0.15, -0.1) is 0 Å². The molecule has 188 valence electrons. The van der Waals surface area contributed by atoms with Crippen LogP contribution < -0.4 is 0 Å². The summed E-state index contributed by atoms with van der Waals surface area (Å²) in [6.07, 6.45) is 4.12. The minimum atomic E-state index is -0.521. The van der Waals surface area contributed by atoms with Gasteiger partial charge in [-0.25, -0.2) is 0 Å². The van der Waals surface area contributed by atoms with E-state index in [4.69, 9.17) is 0 Å². The first-order valence-electron chi connectivity index (χ1n) is 12.4. The van der Waals surface area contributed by atoms with Gasteiger partial charge in [0.25, 0.3) is 0 Å². The van der Waals surface area contributed by atoms with Crippen LogP contribution in [0.2, 0.25) is 0 Å². The van der Waals surface area contributed by atoms with Gasteiger partial charge in [-0.2, -0.15) is 0 Å². The Balaban J connectivity index is 0.000000191. The zero-order chi connectivity index (χ0) is 25.2. The van der Waals surface area contributed by atoms with Crippen molar-refractivity contribution in [2.24, 2.45) is 23.7 Å². The van der Waals surface area contributed by atoms with Crippen LogP contribution in [0.1, 0.15) is 87.8 Å². The van der Waals surface area contributed by atoms with Gasteiger partial charge in [0.05, 0.1) is 12.2 Å². The molecule has 2 aliphatic rings. The molecule has 0 spiro atoms. The highest BCUT2D eigenvalue weighted by atomic mass is 16.3. The molecule has 0 bridgehead atoms. The SMILES string of the molecule is CC(C)C[C@@H]1CCc2c(ccc(O)c2O)[C@H]1O.CC(C)C[C@H]1CCc2c(ccc(O)c2O)[C@H]1O. The molecule has 0 saturated carbocycles. The van der Waals surface area contributed by atoms with Gasteiger partial charge in [-0.3, -0.25) is 0 Å². The first-order chi connectivity index (χ1) is 16.0. The molecule has 0 saturated heterocycles. The van der Waals surface area contributed by atoms with Gasteiger partial charge in [0.2, 0.25) is 0 Å². The van der Waals surface area contributed by atoms with Crippen LogP contribution in [-0.2, 0) is 12.8 Å². The third kappa shape index (κ3) is 5.61. The summed E-state index contributed by atoms with van der Waals surface area (Å²) in [6.45, 7) is 8.60. The molecule has 4 atom stereocenters. The van der Waals surface area contributed by atoms with Crippen LogP contribution in [0, 0.1) is 23.7 Å². The zero-order valence-corrected chi connectivity index (χ0v) is 20.7. The fraction of sp³-hybridized carbons (Fsp3) is 0.571. The summed E-state index contributed by atoms with van der Waals surface area (Å²) >= 11 is 0. The summed E-state index contributed by atoms with van der Waals surface area (Å²) in [4.78, 5) is 0. The fourth-order valence-electron chi connectivity index (χ4n) is 5.55. The van der Waals surface area contributed by atoms with E-state index in [1.807, 2.05) is 0 Å². The molecular weight excluding hydrogens is 432 g/mol. The number of aromatic hydroxyl groups is 4. The molecule has 2 aromatic carbocycles. The minimum Gasteiger partial charge on any atom is -0.504 e. The second-order valence-electron chi connectivity index (χ2n) is 10.7. The van der Waals surface area contributed by atoms with Crippen molar-refractivity contribution in [1.29, 1.82) is 0 Å². The number of rotatable bonds is 4. The Labute approximate surface area is 202 Å². The van der Waals surface area contributed by atoms with Crippen molar-refractivity contribution < 1.29 is 30.6 Å². The molecule has 34 heavy (non-hydrogen) atoms. The van der Waals surface area contributed by atoms with Gasteiger partial charge >= 0.3 is 0 Å². The number of aliphatic hydroxyl groups excluding tert-OH is 2. The molecular formula is C28H40O6. The minimum absolute atomic E-state index is 0.0652. The molecule has 6 heteroatoms. The molecule has 6 nitrogen and oxygen atoms in total. The molecule has 0 aliphatic heterocycles. The molecule has 4 rings (SSSR count). The highest BCUT2D eigenvalue weighted by Crippen LogP contribution is 2.45. The predicted octanol–water partition coefficient (Wildman–Crippen LogP) is 5.48. The fourth-order valence-corrected chi connectivity index (χ4v) is 5.55. The van der Waals surface area contributed by atoms with Crippen LogP contribution in [-0.4, -0.2) is 30.6 Å². The summed E-state index contributed by atoms with van der Waals surface area (Å²) < 4.78 is 0. The van der Waals surface area contributed by atoms with Crippen molar-refractivity contribution in [2.75, 3.05) is 0 Å². The van der Waals surface area contributed by atoms with E-state index in [0.717, 1.165) is 49.7 Å². The van der Waals surface area contributed by atoms with Gasteiger partial charge in [-0.05, 0) is 85.5 Å². The Kier molecular flexibility index (Phi) is 8.37. The molecule has 2 aliphatic carbocycles. The predicted molar refractivity (Wildman–Crippen MR) is 132 cm³/mol. The Bertz CT molecular complexity index is 904. The van der Waals surface area contributed by atoms with Gasteiger partial charge in [0, 0.05) is 11.1 Å². The quantitative estimate of drug-likeness (QED) is 0.328. The average Bonchev–Trinajstić information content (AvgIpc) is 2.77. The number of hydrogen-bond acceptors (Lipinski definition) is 6. The van der Waals surface area contributed by atoms with Crippen molar-refractivity contribution in [3.05, 3.63) is 46.5 Å². The molecule has 0 fully saturated rings. The van der Waals surface area contributed by atoms with Crippen LogP contribution in [0.15, 0.2) is 24.3 Å². The second kappa shape index (κ2) is 10.9. The molecule has 0 unspecified atom stereocenters. The number of fused-ring (bicyclic) bond motifs is 2. The lowest BCUT2D eigenvalue weighted by Crippen LogP contribution is -2.22. The lowest BCUT2D eigenvalue weighted by Gasteiger charge is -2.31. The third-order valence-electron chi connectivity index (χ3n) is 7.20. The van der Waals surface area contributed by atoms with E-state index in [-0.39, 0.29) is 34.8 Å². The molecule has 0 radical (unpaired) electrons. The van der Waals surface area contributed by atoms with E-state index in [1.165, 1.54) is 12.1 Å². The monoisotopic (exact) mass is 472 g/mol. The molecule has 0 amide bonds. The summed E-state index contributed by atoms with van der Waals surface area (Å²) in [5.41, 5.74) is 2.96. The van der Waals surface area contributed by atoms with Crippen molar-refractivity contribution in [1.82, 2.24) is 0 Å². The Hall–Kier alpha value is -2.44. The van der Waals surface area contributed by atoms with E-state index in [1.54, 1.807) is 12.1 Å². The Morgan fingerprint density at radius 1 is 0.647 bits per heavy atom. The lowest BCUT2D eigenvalue weighted by molar-refractivity contribution is 0.0801. The number of aliphatic hydroxyl groups is 2. The normalized spacial score (nSPS) is 23.8. The van der Waals surface area contributed by atoms with Crippen LogP contribution in [0.4, 0.5) is 0 Å². The highest BCUT2D eigenvalue weighted by Gasteiger charge is 2.31. The largest absolute Gasteiger partial charge is 0.504 e. The van der Waals surface area contributed by atoms with Gasteiger partial charge in [-0.1, -0.05) is 39.8 Å². The molecule has 0 heterocycles. The van der Waals surface area contributed by atoms with E-state index in [9.17, 15) is 30.6 Å². The molecule has 0 aromatic heterocycles. The van der Waals surface area contributed by atoms with E-state index < -0.39 is 12.2 Å². The molecule has 2 aromatic rings. The average molecular weight is 473 g/mol. The third-order valence-corrected chi connectivity index (χ3v) is 7.20. The van der Waals surface area contributed by atoms with Gasteiger partial charge in [0.1, 0.15) is 0 Å². The van der Waals surface area contributed by atoms with E-state index in [2.05, 4.69) is 27.7 Å². The van der Waals surface area contributed by atoms with Crippen LogP contribution in [0.25, 0.3) is 0 Å². The van der Waals surface area contributed by atoms with Crippen molar-refractivity contribution in [2.45, 2.75) is 78.4 Å². The van der Waals surface area contributed by atoms with Crippen LogP contribution in [0.5, 0.6) is 23.0 Å². The number of phenolic OH excluding ortho intramolecular Hbond substituents is 4. The Morgan fingerprint density at radius 2 is 1.00 bits per heavy atom. The van der Waals surface area contributed by atoms with E-state index >= 15 is 0 Å². The lowest BCUT2D eigenvalue weighted by atomic mass is 9.77. The molecule has 6 N–H and O–H groups in total. The number of benzene rings is 2. The van der Waals surface area contributed by atoms with Gasteiger partial charge in [0.15, 0.2) is 23.0 Å². The number of hydrogen-bond donors (Lipinski definition) is 6. The Morgan fingerprint density at radius 3 is 1.32 bits per heavy atom. The standard InChI is InChI=1S/2C14H20O3/c2*1-8(2)7-9-3-4-11-10(13(9)16)5-6-12(15)14(11)17/h2*5-6,8-9,13,15-17H,3-4,7H2,1-2H3/t9-,13+;9-,13-/m10/s1. The van der Waals surface area contributed by atoms with Crippen LogP contribution >= 0.6 is 0 Å². The second-order valence-corrected chi connectivity index (χ2v) is 10.7. The zero-order valence-electron chi connectivity index (χ0n) is 20.7. The summed E-state index contributed by atoms with van der Waals surface area (Å²) in [5.74, 6) is 1.30. The smallest absolute Gasteiger partial charge is 0.161 e. The number of phenols is 4. The summed E-state index contributed by atoms with van der Waals surface area (Å²) in [7, 11) is 0. The summed E-state index contributed by atoms with van der Waals surface area (Å²) in [6, 6.07) is 6.35. The maximum Gasteiger partial charge on any atom is 0.161 e. The van der Waals surface area contributed by atoms with Crippen molar-refractivity contribution in [3.8, 4) is 23.0 Å². The van der Waals surface area contributed by atoms with Crippen molar-refractivity contribution >= 4 is 0 Å². The van der Waals surface area contributed by atoms with E-state index in [0.29, 0.717) is 23.0 Å².